The molecule has 0 radical (unpaired) electrons. The van der Waals surface area contributed by atoms with Gasteiger partial charge in [-0.3, -0.25) is 10.1 Å². The summed E-state index contributed by atoms with van der Waals surface area (Å²) in [6.45, 7) is 0. The van der Waals surface area contributed by atoms with Crippen LogP contribution < -0.4 is 5.32 Å². The number of carbonyl (C=O) groups excluding carboxylic acids is 1. The number of hydrogen-bond acceptors (Lipinski definition) is 3. The Morgan fingerprint density at radius 2 is 1.77 bits per heavy atom. The van der Waals surface area contributed by atoms with Crippen molar-refractivity contribution in [3.8, 4) is 11.3 Å². The lowest BCUT2D eigenvalue weighted by molar-refractivity contribution is 0.102. The third kappa shape index (κ3) is 3.19. The fourth-order valence-electron chi connectivity index (χ4n) is 2.65. The van der Waals surface area contributed by atoms with E-state index in [0.29, 0.717) is 11.2 Å². The van der Waals surface area contributed by atoms with Gasteiger partial charge < -0.3 is 0 Å². The molecule has 6 heteroatoms. The molecule has 0 fully saturated rings. The van der Waals surface area contributed by atoms with E-state index in [1.165, 1.54) is 11.3 Å². The molecule has 128 valence electrons. The van der Waals surface area contributed by atoms with E-state index in [-0.39, 0.29) is 5.56 Å². The normalized spacial score (nSPS) is 10.8. The number of nitrogens with zero attached hydrogens (tertiary/aromatic N) is 1. The van der Waals surface area contributed by atoms with Gasteiger partial charge in [-0.2, -0.15) is 0 Å². The van der Waals surface area contributed by atoms with Crippen LogP contribution in [-0.4, -0.2) is 10.9 Å². The third-order valence-corrected chi connectivity index (χ3v) is 4.70. The molecule has 1 aromatic heterocycles. The number of carbonyl (C=O) groups is 1. The average molecular weight is 366 g/mol. The highest BCUT2D eigenvalue weighted by Gasteiger charge is 2.14. The fourth-order valence-corrected chi connectivity index (χ4v) is 3.37. The highest BCUT2D eigenvalue weighted by Crippen LogP contribution is 2.28. The summed E-state index contributed by atoms with van der Waals surface area (Å²) in [7, 11) is 0. The lowest BCUT2D eigenvalue weighted by Crippen LogP contribution is -2.13. The summed E-state index contributed by atoms with van der Waals surface area (Å²) in [6.07, 6.45) is 0. The monoisotopic (exact) mass is 366 g/mol. The van der Waals surface area contributed by atoms with Crippen molar-refractivity contribution in [1.82, 2.24) is 4.98 Å². The molecule has 1 N–H and O–H groups in total. The lowest BCUT2D eigenvalue weighted by Gasteiger charge is -2.03. The van der Waals surface area contributed by atoms with Gasteiger partial charge in [-0.15, -0.1) is 11.3 Å². The van der Waals surface area contributed by atoms with E-state index in [4.69, 9.17) is 0 Å². The van der Waals surface area contributed by atoms with Gasteiger partial charge in [0, 0.05) is 17.0 Å². The van der Waals surface area contributed by atoms with Crippen LogP contribution in [-0.2, 0) is 0 Å². The van der Waals surface area contributed by atoms with E-state index >= 15 is 0 Å². The minimum absolute atomic E-state index is 0.228. The SMILES string of the molecule is O=C(Nc1nc(-c2ccc3ccccc3c2)cs1)c1ccc(F)cc1F. The number of amides is 1. The zero-order valence-electron chi connectivity index (χ0n) is 13.4. The fraction of sp³-hybridized carbons (Fsp3) is 0. The summed E-state index contributed by atoms with van der Waals surface area (Å²) in [4.78, 5) is 16.5. The second-order valence-electron chi connectivity index (χ2n) is 5.68. The van der Waals surface area contributed by atoms with Crippen LogP contribution in [0.2, 0.25) is 0 Å². The molecule has 3 nitrogen and oxygen atoms in total. The summed E-state index contributed by atoms with van der Waals surface area (Å²) in [5.74, 6) is -2.30. The predicted octanol–water partition coefficient (Wildman–Crippen LogP) is 5.49. The molecular weight excluding hydrogens is 354 g/mol. The molecule has 0 bridgehead atoms. The van der Waals surface area contributed by atoms with Crippen molar-refractivity contribution in [3.63, 3.8) is 0 Å². The second kappa shape index (κ2) is 6.65. The molecule has 0 unspecified atom stereocenters. The molecule has 0 saturated carbocycles. The smallest absolute Gasteiger partial charge is 0.260 e. The number of rotatable bonds is 3. The van der Waals surface area contributed by atoms with Gasteiger partial charge >= 0.3 is 0 Å². The number of nitrogens with one attached hydrogen (secondary N) is 1. The minimum atomic E-state index is -0.909. The number of halogens is 2. The lowest BCUT2D eigenvalue weighted by atomic mass is 10.1. The summed E-state index contributed by atoms with van der Waals surface area (Å²) in [5, 5.41) is 6.95. The van der Waals surface area contributed by atoms with Gasteiger partial charge in [0.2, 0.25) is 0 Å². The predicted molar refractivity (Wildman–Crippen MR) is 99.4 cm³/mol. The van der Waals surface area contributed by atoms with Gasteiger partial charge in [0.25, 0.3) is 5.91 Å². The zero-order chi connectivity index (χ0) is 18.1. The number of aromatic nitrogens is 1. The van der Waals surface area contributed by atoms with Crippen LogP contribution in [0.1, 0.15) is 10.4 Å². The number of anilines is 1. The van der Waals surface area contributed by atoms with Gasteiger partial charge in [-0.1, -0.05) is 36.4 Å². The van der Waals surface area contributed by atoms with Crippen LogP contribution in [0.3, 0.4) is 0 Å². The van der Waals surface area contributed by atoms with Crippen LogP contribution in [0.5, 0.6) is 0 Å². The summed E-state index contributed by atoms with van der Waals surface area (Å²) in [6, 6.07) is 16.8. The first-order valence-electron chi connectivity index (χ1n) is 7.81. The maximum atomic E-state index is 13.7. The Morgan fingerprint density at radius 1 is 0.962 bits per heavy atom. The van der Waals surface area contributed by atoms with Crippen molar-refractivity contribution in [3.05, 3.63) is 83.2 Å². The van der Waals surface area contributed by atoms with Crippen LogP contribution >= 0.6 is 11.3 Å². The summed E-state index contributed by atoms with van der Waals surface area (Å²) >= 11 is 1.24. The zero-order valence-corrected chi connectivity index (χ0v) is 14.2. The van der Waals surface area contributed by atoms with Gasteiger partial charge in [-0.25, -0.2) is 13.8 Å². The van der Waals surface area contributed by atoms with Gasteiger partial charge in [0.05, 0.1) is 11.3 Å². The quantitative estimate of drug-likeness (QED) is 0.521. The first-order chi connectivity index (χ1) is 12.6. The van der Waals surface area contributed by atoms with Crippen molar-refractivity contribution in [2.75, 3.05) is 5.32 Å². The molecule has 4 aromatic rings. The van der Waals surface area contributed by atoms with Crippen LogP contribution in [0.15, 0.2) is 66.0 Å². The number of fused-ring (bicyclic) bond motifs is 1. The minimum Gasteiger partial charge on any atom is -0.298 e. The molecule has 1 amide bonds. The van der Waals surface area contributed by atoms with Crippen molar-refractivity contribution >= 4 is 33.1 Å². The molecule has 0 aliphatic heterocycles. The van der Waals surface area contributed by atoms with Gasteiger partial charge in [0.15, 0.2) is 5.13 Å². The maximum Gasteiger partial charge on any atom is 0.260 e. The molecule has 3 aromatic carbocycles. The van der Waals surface area contributed by atoms with E-state index < -0.39 is 17.5 Å². The highest BCUT2D eigenvalue weighted by atomic mass is 32.1. The molecule has 1 heterocycles. The summed E-state index contributed by atoms with van der Waals surface area (Å²) in [5.41, 5.74) is 1.41. The Hall–Kier alpha value is -3.12. The van der Waals surface area contributed by atoms with E-state index in [1.807, 2.05) is 47.8 Å². The van der Waals surface area contributed by atoms with Crippen molar-refractivity contribution in [2.45, 2.75) is 0 Å². The molecule has 0 aliphatic rings. The van der Waals surface area contributed by atoms with Crippen LogP contribution in [0, 0.1) is 11.6 Å². The topological polar surface area (TPSA) is 42.0 Å². The van der Waals surface area contributed by atoms with E-state index in [9.17, 15) is 13.6 Å². The number of thiazole rings is 1. The Bertz CT molecular complexity index is 1120. The molecular formula is C20H12F2N2OS. The largest absolute Gasteiger partial charge is 0.298 e. The Kier molecular flexibility index (Phi) is 4.18. The van der Waals surface area contributed by atoms with Crippen molar-refractivity contribution in [2.24, 2.45) is 0 Å². The highest BCUT2D eigenvalue weighted by molar-refractivity contribution is 7.14. The van der Waals surface area contributed by atoms with E-state index in [1.54, 1.807) is 0 Å². The second-order valence-corrected chi connectivity index (χ2v) is 6.54. The van der Waals surface area contributed by atoms with E-state index in [0.717, 1.165) is 34.2 Å². The first-order valence-corrected chi connectivity index (χ1v) is 8.69. The number of benzene rings is 3. The van der Waals surface area contributed by atoms with Gasteiger partial charge in [-0.05, 0) is 29.0 Å². The molecule has 0 atom stereocenters. The van der Waals surface area contributed by atoms with Crippen molar-refractivity contribution < 1.29 is 13.6 Å². The Labute approximate surface area is 151 Å². The van der Waals surface area contributed by atoms with Crippen LogP contribution in [0.4, 0.5) is 13.9 Å². The van der Waals surface area contributed by atoms with Crippen LogP contribution in [0.25, 0.3) is 22.0 Å². The third-order valence-electron chi connectivity index (χ3n) is 3.95. The molecule has 0 spiro atoms. The Balaban J connectivity index is 1.58. The summed E-state index contributed by atoms with van der Waals surface area (Å²) < 4.78 is 26.7. The van der Waals surface area contributed by atoms with E-state index in [2.05, 4.69) is 10.3 Å². The molecule has 0 saturated heterocycles. The number of hydrogen-bond donors (Lipinski definition) is 1. The van der Waals surface area contributed by atoms with Crippen molar-refractivity contribution in [1.29, 1.82) is 0 Å². The average Bonchev–Trinajstić information content (AvgIpc) is 3.09. The molecule has 4 rings (SSSR count). The molecule has 26 heavy (non-hydrogen) atoms. The maximum absolute atomic E-state index is 13.7. The standard InChI is InChI=1S/C20H12F2N2OS/c21-15-7-8-16(17(22)10-15)19(25)24-20-23-18(11-26-20)14-6-5-12-3-1-2-4-13(12)9-14/h1-11H,(H,23,24,25). The molecule has 0 aliphatic carbocycles. The first kappa shape index (κ1) is 16.4. The Morgan fingerprint density at radius 3 is 2.58 bits per heavy atom. The van der Waals surface area contributed by atoms with Gasteiger partial charge in [0.1, 0.15) is 11.6 Å².